The molecule has 0 N–H and O–H groups in total. The van der Waals surface area contributed by atoms with Gasteiger partial charge in [-0.3, -0.25) is 0 Å². The zero-order valence-corrected chi connectivity index (χ0v) is 13.3. The third-order valence-electron chi connectivity index (χ3n) is 3.47. The molecule has 0 spiro atoms. The van der Waals surface area contributed by atoms with Gasteiger partial charge in [-0.25, -0.2) is 14.1 Å². The molecule has 1 fully saturated rings. The Morgan fingerprint density at radius 3 is 2.68 bits per heavy atom. The van der Waals surface area contributed by atoms with Crippen molar-refractivity contribution in [3.8, 4) is 0 Å². The molecule has 1 aromatic carbocycles. The van der Waals surface area contributed by atoms with Crippen molar-refractivity contribution in [1.82, 2.24) is 9.66 Å². The molecule has 0 amide bonds. The molecule has 2 heterocycles. The number of imidazole rings is 1. The van der Waals surface area contributed by atoms with Gasteiger partial charge in [0.2, 0.25) is 0 Å². The molecule has 1 aliphatic heterocycles. The van der Waals surface area contributed by atoms with E-state index in [4.69, 9.17) is 11.6 Å². The smallest absolute Gasteiger partial charge is 0.143 e. The summed E-state index contributed by atoms with van der Waals surface area (Å²) in [6.45, 7) is 1.95. The Kier molecular flexibility index (Phi) is 3.84. The summed E-state index contributed by atoms with van der Waals surface area (Å²) >= 11 is 7.99. The lowest BCUT2D eigenvalue weighted by molar-refractivity contribution is 0.478. The van der Waals surface area contributed by atoms with Crippen LogP contribution in [0.5, 0.6) is 0 Å². The van der Waals surface area contributed by atoms with Crippen LogP contribution in [0.25, 0.3) is 11.0 Å². The van der Waals surface area contributed by atoms with E-state index in [1.54, 1.807) is 12.1 Å². The monoisotopic (exact) mass is 393 g/mol. The Labute approximate surface area is 129 Å². The van der Waals surface area contributed by atoms with Crippen molar-refractivity contribution in [2.24, 2.45) is 0 Å². The summed E-state index contributed by atoms with van der Waals surface area (Å²) < 4.78 is 16.4. The first-order chi connectivity index (χ1) is 9.20. The van der Waals surface area contributed by atoms with Gasteiger partial charge in [-0.05, 0) is 47.9 Å². The SMILES string of the molecule is Fc1cc2c(cc1I)nc(CCl)n2N1CCCCC1. The summed E-state index contributed by atoms with van der Waals surface area (Å²) in [5.41, 5.74) is 1.63. The fourth-order valence-corrected chi connectivity index (χ4v) is 3.21. The quantitative estimate of drug-likeness (QED) is 0.574. The van der Waals surface area contributed by atoms with Crippen LogP contribution in [0.4, 0.5) is 4.39 Å². The molecule has 0 bridgehead atoms. The lowest BCUT2D eigenvalue weighted by Gasteiger charge is -2.31. The van der Waals surface area contributed by atoms with Crippen LogP contribution in [0.3, 0.4) is 0 Å². The second kappa shape index (κ2) is 5.44. The molecule has 0 aliphatic carbocycles. The lowest BCUT2D eigenvalue weighted by atomic mass is 10.2. The number of rotatable bonds is 2. The summed E-state index contributed by atoms with van der Waals surface area (Å²) in [5, 5.41) is 2.23. The minimum absolute atomic E-state index is 0.201. The van der Waals surface area contributed by atoms with Crippen LogP contribution in [-0.4, -0.2) is 22.7 Å². The predicted octanol–water partition coefficient (Wildman–Crippen LogP) is 3.64. The molecule has 6 heteroatoms. The van der Waals surface area contributed by atoms with Crippen molar-refractivity contribution < 1.29 is 4.39 Å². The van der Waals surface area contributed by atoms with Gasteiger partial charge in [0.05, 0.1) is 20.5 Å². The maximum atomic E-state index is 13.8. The van der Waals surface area contributed by atoms with E-state index in [1.807, 2.05) is 27.3 Å². The third-order valence-corrected chi connectivity index (χ3v) is 4.54. The van der Waals surface area contributed by atoms with E-state index in [0.717, 1.165) is 42.8 Å². The minimum atomic E-state index is -0.201. The fourth-order valence-electron chi connectivity index (χ4n) is 2.59. The zero-order valence-electron chi connectivity index (χ0n) is 10.4. The Bertz CT molecular complexity index is 607. The number of halogens is 3. The summed E-state index contributed by atoms with van der Waals surface area (Å²) in [5.74, 6) is 0.927. The number of piperidine rings is 1. The Morgan fingerprint density at radius 2 is 2.00 bits per heavy atom. The number of benzene rings is 1. The number of aromatic nitrogens is 2. The lowest BCUT2D eigenvalue weighted by Crippen LogP contribution is -2.40. The highest BCUT2D eigenvalue weighted by atomic mass is 127. The second-order valence-electron chi connectivity index (χ2n) is 4.74. The topological polar surface area (TPSA) is 21.1 Å². The number of hydrogen-bond donors (Lipinski definition) is 0. The molecule has 1 saturated heterocycles. The van der Waals surface area contributed by atoms with Gasteiger partial charge in [-0.2, -0.15) is 0 Å². The van der Waals surface area contributed by atoms with E-state index in [-0.39, 0.29) is 5.82 Å². The van der Waals surface area contributed by atoms with Gasteiger partial charge in [-0.1, -0.05) is 0 Å². The van der Waals surface area contributed by atoms with E-state index in [0.29, 0.717) is 9.45 Å². The normalized spacial score (nSPS) is 16.3. The van der Waals surface area contributed by atoms with Crippen molar-refractivity contribution in [3.63, 3.8) is 0 Å². The second-order valence-corrected chi connectivity index (χ2v) is 6.17. The average Bonchev–Trinajstić information content (AvgIpc) is 2.78. The summed E-state index contributed by atoms with van der Waals surface area (Å²) in [4.78, 5) is 4.53. The van der Waals surface area contributed by atoms with E-state index in [2.05, 4.69) is 9.99 Å². The van der Waals surface area contributed by atoms with E-state index >= 15 is 0 Å². The molecule has 19 heavy (non-hydrogen) atoms. The fraction of sp³-hybridized carbons (Fsp3) is 0.462. The highest BCUT2D eigenvalue weighted by Crippen LogP contribution is 2.24. The largest absolute Gasteiger partial charge is 0.311 e. The van der Waals surface area contributed by atoms with Crippen molar-refractivity contribution in [2.45, 2.75) is 25.1 Å². The number of hydrogen-bond acceptors (Lipinski definition) is 2. The summed E-state index contributed by atoms with van der Waals surface area (Å²) in [6.07, 6.45) is 3.58. The van der Waals surface area contributed by atoms with Crippen LogP contribution >= 0.6 is 34.2 Å². The van der Waals surface area contributed by atoms with E-state index < -0.39 is 0 Å². The molecule has 102 valence electrons. The van der Waals surface area contributed by atoms with Crippen LogP contribution < -0.4 is 5.01 Å². The van der Waals surface area contributed by atoms with Crippen molar-refractivity contribution in [2.75, 3.05) is 18.1 Å². The van der Waals surface area contributed by atoms with Crippen LogP contribution in [-0.2, 0) is 5.88 Å². The molecule has 2 aromatic rings. The summed E-state index contributed by atoms with van der Waals surface area (Å²) in [7, 11) is 0. The van der Waals surface area contributed by atoms with Crippen molar-refractivity contribution >= 4 is 45.2 Å². The Balaban J connectivity index is 2.16. The Hall–Kier alpha value is -0.560. The first-order valence-electron chi connectivity index (χ1n) is 6.38. The average molecular weight is 394 g/mol. The maximum Gasteiger partial charge on any atom is 0.143 e. The number of fused-ring (bicyclic) bond motifs is 1. The van der Waals surface area contributed by atoms with Gasteiger partial charge in [-0.15, -0.1) is 11.6 Å². The predicted molar refractivity (Wildman–Crippen MR) is 83.8 cm³/mol. The van der Waals surface area contributed by atoms with Crippen LogP contribution in [0.1, 0.15) is 25.1 Å². The third kappa shape index (κ3) is 2.42. The molecule has 1 aliphatic rings. The Morgan fingerprint density at radius 1 is 1.26 bits per heavy atom. The number of nitrogens with zero attached hydrogens (tertiary/aromatic N) is 3. The first kappa shape index (κ1) is 13.4. The maximum absolute atomic E-state index is 13.8. The molecule has 3 rings (SSSR count). The zero-order chi connectivity index (χ0) is 13.4. The standard InChI is InChI=1S/C13H14ClFIN3/c14-8-13-17-11-7-10(16)9(15)6-12(11)19(13)18-4-2-1-3-5-18/h6-7H,1-5,8H2. The van der Waals surface area contributed by atoms with Gasteiger partial charge in [0.1, 0.15) is 11.6 Å². The molecular formula is C13H14ClFIN3. The van der Waals surface area contributed by atoms with Crippen LogP contribution in [0, 0.1) is 9.39 Å². The van der Waals surface area contributed by atoms with Crippen LogP contribution in [0.2, 0.25) is 0 Å². The molecular weight excluding hydrogens is 380 g/mol. The molecule has 0 radical (unpaired) electrons. The van der Waals surface area contributed by atoms with E-state index in [9.17, 15) is 4.39 Å². The van der Waals surface area contributed by atoms with Gasteiger partial charge in [0, 0.05) is 19.2 Å². The summed E-state index contributed by atoms with van der Waals surface area (Å²) in [6, 6.07) is 3.34. The van der Waals surface area contributed by atoms with E-state index in [1.165, 1.54) is 6.42 Å². The molecule has 0 unspecified atom stereocenters. The van der Waals surface area contributed by atoms with Gasteiger partial charge in [0.25, 0.3) is 0 Å². The van der Waals surface area contributed by atoms with Gasteiger partial charge in [0.15, 0.2) is 0 Å². The highest BCUT2D eigenvalue weighted by molar-refractivity contribution is 14.1. The van der Waals surface area contributed by atoms with Crippen LogP contribution in [0.15, 0.2) is 12.1 Å². The minimum Gasteiger partial charge on any atom is -0.311 e. The molecule has 0 saturated carbocycles. The number of alkyl halides is 1. The van der Waals surface area contributed by atoms with Crippen molar-refractivity contribution in [3.05, 3.63) is 27.3 Å². The first-order valence-corrected chi connectivity index (χ1v) is 7.99. The van der Waals surface area contributed by atoms with Gasteiger partial charge >= 0.3 is 0 Å². The molecule has 0 atom stereocenters. The molecule has 3 nitrogen and oxygen atoms in total. The van der Waals surface area contributed by atoms with Gasteiger partial charge < -0.3 is 5.01 Å². The highest BCUT2D eigenvalue weighted by Gasteiger charge is 2.19. The molecule has 1 aromatic heterocycles. The van der Waals surface area contributed by atoms with Crippen molar-refractivity contribution in [1.29, 1.82) is 0 Å².